The third-order valence-corrected chi connectivity index (χ3v) is 3.53. The highest BCUT2D eigenvalue weighted by Gasteiger charge is 2.32. The molecule has 0 fully saturated rings. The van der Waals surface area contributed by atoms with E-state index in [4.69, 9.17) is 5.26 Å². The first-order chi connectivity index (χ1) is 11.0. The van der Waals surface area contributed by atoms with Gasteiger partial charge >= 0.3 is 6.11 Å². The van der Waals surface area contributed by atoms with Crippen LogP contribution in [0.1, 0.15) is 29.2 Å². The van der Waals surface area contributed by atoms with Crippen LogP contribution >= 0.6 is 0 Å². The van der Waals surface area contributed by atoms with Crippen molar-refractivity contribution < 1.29 is 17.9 Å². The van der Waals surface area contributed by atoms with E-state index >= 15 is 0 Å². The number of ether oxygens (including phenoxy) is 1. The molecule has 0 heterocycles. The van der Waals surface area contributed by atoms with E-state index in [2.05, 4.69) is 4.74 Å². The largest absolute Gasteiger partial charge is 0.383 e. The molecule has 0 bridgehead atoms. The average Bonchev–Trinajstić information content (AvgIpc) is 2.55. The number of benzene rings is 2. The highest BCUT2D eigenvalue weighted by Crippen LogP contribution is 2.29. The van der Waals surface area contributed by atoms with Crippen LogP contribution in [0.5, 0.6) is 0 Å². The van der Waals surface area contributed by atoms with Crippen LogP contribution in [-0.4, -0.2) is 6.61 Å². The lowest BCUT2D eigenvalue weighted by Gasteiger charge is -2.17. The van der Waals surface area contributed by atoms with Crippen molar-refractivity contribution in [3.05, 3.63) is 70.5 Å². The summed E-state index contributed by atoms with van der Waals surface area (Å²) in [4.78, 5) is 0. The van der Waals surface area contributed by atoms with Crippen LogP contribution in [0.15, 0.2) is 42.5 Å². The minimum absolute atomic E-state index is 0.0731. The minimum atomic E-state index is -3.39. The zero-order valence-electron chi connectivity index (χ0n) is 12.7. The third-order valence-electron chi connectivity index (χ3n) is 3.53. The molecule has 0 unspecified atom stereocenters. The Labute approximate surface area is 133 Å². The molecule has 0 aliphatic carbocycles. The van der Waals surface area contributed by atoms with Gasteiger partial charge in [-0.25, -0.2) is 4.39 Å². The molecular formula is C18H16F3NO. The Morgan fingerprint density at radius 1 is 1.09 bits per heavy atom. The lowest BCUT2D eigenvalue weighted by molar-refractivity contribution is -0.248. The van der Waals surface area contributed by atoms with Gasteiger partial charge in [-0.15, -0.1) is 0 Å². The highest BCUT2D eigenvalue weighted by atomic mass is 19.3. The van der Waals surface area contributed by atoms with Crippen molar-refractivity contribution in [2.45, 2.75) is 25.9 Å². The zero-order valence-corrected chi connectivity index (χ0v) is 12.7. The maximum Gasteiger partial charge on any atom is 0.383 e. The first-order valence-electron chi connectivity index (χ1n) is 7.26. The Kier molecular flexibility index (Phi) is 5.41. The Hall–Kier alpha value is -2.32. The number of alkyl halides is 2. The molecule has 2 nitrogen and oxygen atoms in total. The molecule has 0 radical (unpaired) electrons. The summed E-state index contributed by atoms with van der Waals surface area (Å²) in [6, 6.07) is 11.7. The molecule has 0 amide bonds. The second-order valence-electron chi connectivity index (χ2n) is 5.09. The Morgan fingerprint density at radius 3 is 2.30 bits per heavy atom. The summed E-state index contributed by atoms with van der Waals surface area (Å²) in [5.41, 5.74) is 1.19. The molecule has 0 spiro atoms. The van der Waals surface area contributed by atoms with Crippen LogP contribution in [0.4, 0.5) is 13.2 Å². The fourth-order valence-corrected chi connectivity index (χ4v) is 2.12. The van der Waals surface area contributed by atoms with E-state index in [9.17, 15) is 13.2 Å². The second kappa shape index (κ2) is 7.30. The van der Waals surface area contributed by atoms with Crippen molar-refractivity contribution in [1.29, 1.82) is 5.26 Å². The van der Waals surface area contributed by atoms with Gasteiger partial charge in [0, 0.05) is 0 Å². The van der Waals surface area contributed by atoms with Gasteiger partial charge < -0.3 is 4.74 Å². The quantitative estimate of drug-likeness (QED) is 0.781. The first-order valence-corrected chi connectivity index (χ1v) is 7.26. The number of hydrogen-bond acceptors (Lipinski definition) is 2. The summed E-state index contributed by atoms with van der Waals surface area (Å²) >= 11 is 0. The van der Waals surface area contributed by atoms with Gasteiger partial charge in [0.05, 0.1) is 17.7 Å². The first kappa shape index (κ1) is 17.0. The molecule has 0 atom stereocenters. The number of halogens is 3. The standard InChI is InChI=1S/C18H16F3NO/c1-2-13-4-7-16(8-5-13)18(20,21)23-10-9-14-3-6-15(12-22)17(19)11-14/h3-8,11H,2,9-10H2,1H3. The van der Waals surface area contributed by atoms with Crippen molar-refractivity contribution in [2.75, 3.05) is 6.61 Å². The fraction of sp³-hybridized carbons (Fsp3) is 0.278. The lowest BCUT2D eigenvalue weighted by Crippen LogP contribution is -2.19. The van der Waals surface area contributed by atoms with Gasteiger partial charge in [0.2, 0.25) is 0 Å². The molecule has 23 heavy (non-hydrogen) atoms. The summed E-state index contributed by atoms with van der Waals surface area (Å²) in [6.45, 7) is 1.69. The van der Waals surface area contributed by atoms with E-state index in [1.165, 1.54) is 24.3 Å². The Bertz CT molecular complexity index is 705. The predicted octanol–water partition coefficient (Wildman–Crippen LogP) is 4.57. The van der Waals surface area contributed by atoms with Crippen LogP contribution in [0.3, 0.4) is 0 Å². The summed E-state index contributed by atoms with van der Waals surface area (Å²) < 4.78 is 46.0. The van der Waals surface area contributed by atoms with Gasteiger partial charge in [-0.05, 0) is 36.1 Å². The molecule has 0 saturated carbocycles. The number of aryl methyl sites for hydroxylation is 1. The van der Waals surface area contributed by atoms with E-state index in [-0.39, 0.29) is 24.2 Å². The number of nitrogens with zero attached hydrogens (tertiary/aromatic N) is 1. The van der Waals surface area contributed by atoms with Gasteiger partial charge in [0.25, 0.3) is 0 Å². The smallest absolute Gasteiger partial charge is 0.316 e. The van der Waals surface area contributed by atoms with Crippen LogP contribution in [0.2, 0.25) is 0 Å². The van der Waals surface area contributed by atoms with Gasteiger partial charge in [-0.3, -0.25) is 0 Å². The zero-order chi connectivity index (χ0) is 16.9. The Morgan fingerprint density at radius 2 is 1.74 bits per heavy atom. The Balaban J connectivity index is 1.96. The molecular weight excluding hydrogens is 303 g/mol. The van der Waals surface area contributed by atoms with Crippen LogP contribution in [0, 0.1) is 17.1 Å². The molecule has 5 heteroatoms. The van der Waals surface area contributed by atoms with Crippen LogP contribution < -0.4 is 0 Å². The van der Waals surface area contributed by atoms with Crippen molar-refractivity contribution >= 4 is 0 Å². The van der Waals surface area contributed by atoms with Gasteiger partial charge in [-0.1, -0.05) is 37.3 Å². The summed E-state index contributed by atoms with van der Waals surface area (Å²) in [7, 11) is 0. The topological polar surface area (TPSA) is 33.0 Å². The van der Waals surface area contributed by atoms with Crippen molar-refractivity contribution in [3.63, 3.8) is 0 Å². The number of hydrogen-bond donors (Lipinski definition) is 0. The number of rotatable bonds is 6. The molecule has 2 aromatic carbocycles. The van der Waals surface area contributed by atoms with Crippen molar-refractivity contribution in [2.24, 2.45) is 0 Å². The molecule has 120 valence electrons. The van der Waals surface area contributed by atoms with E-state index in [1.54, 1.807) is 18.2 Å². The van der Waals surface area contributed by atoms with E-state index in [1.807, 2.05) is 6.92 Å². The highest BCUT2D eigenvalue weighted by molar-refractivity contribution is 5.33. The van der Waals surface area contributed by atoms with Crippen molar-refractivity contribution in [1.82, 2.24) is 0 Å². The SMILES string of the molecule is CCc1ccc(C(F)(F)OCCc2ccc(C#N)c(F)c2)cc1. The van der Waals surface area contributed by atoms with Crippen LogP contribution in [0.25, 0.3) is 0 Å². The molecule has 2 aromatic rings. The molecule has 0 aromatic heterocycles. The third kappa shape index (κ3) is 4.33. The average molecular weight is 319 g/mol. The maximum absolute atomic E-state index is 14.0. The molecule has 0 aliphatic heterocycles. The maximum atomic E-state index is 14.0. The van der Waals surface area contributed by atoms with Crippen LogP contribution in [-0.2, 0) is 23.7 Å². The second-order valence-corrected chi connectivity index (χ2v) is 5.09. The molecule has 0 N–H and O–H groups in total. The van der Waals surface area contributed by atoms with E-state index in [0.29, 0.717) is 5.56 Å². The molecule has 2 rings (SSSR count). The van der Waals surface area contributed by atoms with Gasteiger partial charge in [0.15, 0.2) is 0 Å². The summed E-state index contributed by atoms with van der Waals surface area (Å²) in [5, 5.41) is 8.64. The van der Waals surface area contributed by atoms with E-state index in [0.717, 1.165) is 18.1 Å². The normalized spacial score (nSPS) is 11.3. The minimum Gasteiger partial charge on any atom is -0.316 e. The number of nitriles is 1. The van der Waals surface area contributed by atoms with Gasteiger partial charge in [0.1, 0.15) is 11.9 Å². The summed E-state index contributed by atoms with van der Waals surface area (Å²) in [6.07, 6.45) is -2.49. The molecule has 0 saturated heterocycles. The van der Waals surface area contributed by atoms with Gasteiger partial charge in [-0.2, -0.15) is 14.0 Å². The van der Waals surface area contributed by atoms with Crippen molar-refractivity contribution in [3.8, 4) is 6.07 Å². The summed E-state index contributed by atoms with van der Waals surface area (Å²) in [5.74, 6) is -0.660. The molecule has 0 aliphatic rings. The monoisotopic (exact) mass is 319 g/mol. The fourth-order valence-electron chi connectivity index (χ4n) is 2.12. The predicted molar refractivity (Wildman–Crippen MR) is 80.5 cm³/mol. The van der Waals surface area contributed by atoms with E-state index < -0.39 is 11.9 Å². The lowest BCUT2D eigenvalue weighted by atomic mass is 10.1.